The Kier molecular flexibility index (Phi) is 4.54. The highest BCUT2D eigenvalue weighted by Gasteiger charge is 2.15. The van der Waals surface area contributed by atoms with Crippen molar-refractivity contribution < 1.29 is 14.6 Å². The predicted octanol–water partition coefficient (Wildman–Crippen LogP) is -0.0143. The molecular formula is C8H15NO3. The van der Waals surface area contributed by atoms with Gasteiger partial charge in [0.15, 0.2) is 6.23 Å². The van der Waals surface area contributed by atoms with Crippen LogP contribution in [0.2, 0.25) is 0 Å². The minimum Gasteiger partial charge on any atom is -0.441 e. The van der Waals surface area contributed by atoms with Crippen LogP contribution in [0.1, 0.15) is 6.92 Å². The van der Waals surface area contributed by atoms with Crippen LogP contribution in [-0.4, -0.2) is 42.9 Å². The van der Waals surface area contributed by atoms with Crippen LogP contribution in [0.5, 0.6) is 0 Å². The summed E-state index contributed by atoms with van der Waals surface area (Å²) < 4.78 is 4.86. The van der Waals surface area contributed by atoms with Gasteiger partial charge in [-0.3, -0.25) is 4.90 Å². The lowest BCUT2D eigenvalue weighted by atomic mass is 10.4. The highest BCUT2D eigenvalue weighted by Crippen LogP contribution is 1.99. The molecule has 12 heavy (non-hydrogen) atoms. The van der Waals surface area contributed by atoms with Gasteiger partial charge in [0.25, 0.3) is 0 Å². The number of ether oxygens (including phenoxy) is 1. The molecule has 4 heteroatoms. The summed E-state index contributed by atoms with van der Waals surface area (Å²) in [6.07, 6.45) is -0.589. The largest absolute Gasteiger partial charge is 0.441 e. The molecule has 0 aliphatic heterocycles. The minimum absolute atomic E-state index is 0.216. The molecule has 0 radical (unpaired) electrons. The van der Waals surface area contributed by atoms with E-state index in [-0.39, 0.29) is 6.61 Å². The third kappa shape index (κ3) is 3.50. The van der Waals surface area contributed by atoms with Crippen molar-refractivity contribution in [3.63, 3.8) is 0 Å². The number of esters is 1. The number of carbonyl (C=O) groups excluding carboxylic acids is 1. The third-order valence-electron chi connectivity index (χ3n) is 1.32. The zero-order valence-corrected chi connectivity index (χ0v) is 7.70. The monoisotopic (exact) mass is 173 g/mol. The van der Waals surface area contributed by atoms with Crippen molar-refractivity contribution >= 4 is 5.97 Å². The number of hydrogen-bond donors (Lipinski definition) is 1. The van der Waals surface area contributed by atoms with E-state index in [1.807, 2.05) is 0 Å². The van der Waals surface area contributed by atoms with E-state index in [1.54, 1.807) is 25.9 Å². The van der Waals surface area contributed by atoms with Crippen LogP contribution < -0.4 is 0 Å². The van der Waals surface area contributed by atoms with Crippen molar-refractivity contribution in [1.82, 2.24) is 4.90 Å². The first-order chi connectivity index (χ1) is 5.49. The fraction of sp³-hybridized carbons (Fsp3) is 0.625. The Morgan fingerprint density at radius 2 is 2.17 bits per heavy atom. The first kappa shape index (κ1) is 11.1. The zero-order chi connectivity index (χ0) is 9.72. The highest BCUT2D eigenvalue weighted by molar-refractivity contribution is 5.87. The average Bonchev–Trinajstić information content (AvgIpc) is 1.98. The van der Waals surface area contributed by atoms with Gasteiger partial charge in [0.2, 0.25) is 0 Å². The van der Waals surface area contributed by atoms with Crippen LogP contribution in [0.4, 0.5) is 0 Å². The molecule has 0 bridgehead atoms. The summed E-state index contributed by atoms with van der Waals surface area (Å²) in [5.41, 5.74) is 0.329. The molecule has 0 aromatic carbocycles. The normalized spacial score (nSPS) is 12.8. The molecule has 0 aliphatic carbocycles. The number of aliphatic hydroxyl groups excluding tert-OH is 1. The molecule has 0 aromatic heterocycles. The summed E-state index contributed by atoms with van der Waals surface area (Å²) in [6.45, 7) is 4.77. The van der Waals surface area contributed by atoms with Crippen LogP contribution in [0.25, 0.3) is 0 Å². The first-order valence-electron chi connectivity index (χ1n) is 3.62. The third-order valence-corrected chi connectivity index (χ3v) is 1.32. The van der Waals surface area contributed by atoms with E-state index in [0.29, 0.717) is 5.57 Å². The summed E-state index contributed by atoms with van der Waals surface area (Å²) in [6, 6.07) is 0. The van der Waals surface area contributed by atoms with Gasteiger partial charge >= 0.3 is 5.97 Å². The van der Waals surface area contributed by atoms with Gasteiger partial charge in [-0.2, -0.15) is 0 Å². The second kappa shape index (κ2) is 4.90. The van der Waals surface area contributed by atoms with Gasteiger partial charge in [-0.05, 0) is 21.0 Å². The van der Waals surface area contributed by atoms with E-state index in [0.717, 1.165) is 0 Å². The molecule has 0 fully saturated rings. The van der Waals surface area contributed by atoms with E-state index in [4.69, 9.17) is 9.84 Å². The molecule has 1 atom stereocenters. The molecule has 0 aromatic rings. The molecule has 1 unspecified atom stereocenters. The molecule has 0 amide bonds. The minimum atomic E-state index is -0.589. The lowest BCUT2D eigenvalue weighted by molar-refractivity contribution is -0.155. The first-order valence-corrected chi connectivity index (χ1v) is 3.62. The van der Waals surface area contributed by atoms with Gasteiger partial charge in [0, 0.05) is 5.57 Å². The number of carbonyl (C=O) groups is 1. The molecule has 1 N–H and O–H groups in total. The zero-order valence-electron chi connectivity index (χ0n) is 7.70. The van der Waals surface area contributed by atoms with Crippen LogP contribution in [0.15, 0.2) is 12.2 Å². The van der Waals surface area contributed by atoms with Gasteiger partial charge in [-0.1, -0.05) is 6.58 Å². The van der Waals surface area contributed by atoms with E-state index in [1.165, 1.54) is 0 Å². The summed E-state index contributed by atoms with van der Waals surface area (Å²) in [4.78, 5) is 12.6. The summed E-state index contributed by atoms with van der Waals surface area (Å²) in [5, 5.41) is 8.78. The predicted molar refractivity (Wildman–Crippen MR) is 45.5 cm³/mol. The maximum atomic E-state index is 11.0. The lowest BCUT2D eigenvalue weighted by Crippen LogP contribution is -2.36. The van der Waals surface area contributed by atoms with Crippen molar-refractivity contribution in [2.75, 3.05) is 20.7 Å². The van der Waals surface area contributed by atoms with Crippen molar-refractivity contribution in [3.05, 3.63) is 12.2 Å². The Morgan fingerprint density at radius 1 is 1.67 bits per heavy atom. The van der Waals surface area contributed by atoms with Crippen LogP contribution in [-0.2, 0) is 9.53 Å². The summed E-state index contributed by atoms with van der Waals surface area (Å²) >= 11 is 0. The van der Waals surface area contributed by atoms with E-state index < -0.39 is 12.2 Å². The number of rotatable bonds is 4. The lowest BCUT2D eigenvalue weighted by Gasteiger charge is -2.21. The van der Waals surface area contributed by atoms with E-state index >= 15 is 0 Å². The van der Waals surface area contributed by atoms with Gasteiger partial charge in [-0.25, -0.2) is 4.79 Å². The average molecular weight is 173 g/mol. The number of likely N-dealkylation sites (N-methyl/N-ethyl adjacent to an activating group) is 1. The Morgan fingerprint density at radius 3 is 2.42 bits per heavy atom. The smallest absolute Gasteiger partial charge is 0.334 e. The highest BCUT2D eigenvalue weighted by atomic mass is 16.6. The van der Waals surface area contributed by atoms with Gasteiger partial charge < -0.3 is 9.84 Å². The Bertz CT molecular complexity index is 177. The van der Waals surface area contributed by atoms with Gasteiger partial charge in [0.1, 0.15) is 0 Å². The molecule has 0 rings (SSSR count). The van der Waals surface area contributed by atoms with Crippen LogP contribution in [0.3, 0.4) is 0 Å². The second-order valence-corrected chi connectivity index (χ2v) is 2.79. The fourth-order valence-electron chi connectivity index (χ4n) is 0.530. The number of hydrogen-bond acceptors (Lipinski definition) is 4. The maximum Gasteiger partial charge on any atom is 0.334 e. The number of aliphatic hydroxyl groups is 1. The second-order valence-electron chi connectivity index (χ2n) is 2.79. The summed E-state index contributed by atoms with van der Waals surface area (Å²) in [5.74, 6) is -0.484. The standard InChI is InChI=1S/C8H15NO3/c1-6(2)8(11)12-7(5-10)9(3)4/h7,10H,1,5H2,2-4H3. The van der Waals surface area contributed by atoms with Crippen molar-refractivity contribution in [2.24, 2.45) is 0 Å². The Labute approximate surface area is 72.4 Å². The van der Waals surface area contributed by atoms with Crippen molar-refractivity contribution in [2.45, 2.75) is 13.2 Å². The quantitative estimate of drug-likeness (QED) is 0.369. The SMILES string of the molecule is C=C(C)C(=O)OC(CO)N(C)C. The van der Waals surface area contributed by atoms with Crippen LogP contribution >= 0.6 is 0 Å². The van der Waals surface area contributed by atoms with Crippen molar-refractivity contribution in [1.29, 1.82) is 0 Å². The topological polar surface area (TPSA) is 49.8 Å². The molecule has 0 spiro atoms. The number of nitrogens with zero attached hydrogens (tertiary/aromatic N) is 1. The Hall–Kier alpha value is -0.870. The van der Waals surface area contributed by atoms with Gasteiger partial charge in [0.05, 0.1) is 6.61 Å². The molecule has 0 saturated heterocycles. The molecule has 70 valence electrons. The van der Waals surface area contributed by atoms with Crippen molar-refractivity contribution in [3.8, 4) is 0 Å². The van der Waals surface area contributed by atoms with Crippen LogP contribution in [0, 0.1) is 0 Å². The molecule has 0 aliphatic rings. The molecule has 0 saturated carbocycles. The molecule has 0 heterocycles. The summed E-state index contributed by atoms with van der Waals surface area (Å²) in [7, 11) is 3.43. The molecule has 4 nitrogen and oxygen atoms in total. The fourth-order valence-corrected chi connectivity index (χ4v) is 0.530. The Balaban J connectivity index is 4.03. The van der Waals surface area contributed by atoms with E-state index in [9.17, 15) is 4.79 Å². The van der Waals surface area contributed by atoms with Gasteiger partial charge in [-0.15, -0.1) is 0 Å². The molecular weight excluding hydrogens is 158 g/mol. The maximum absolute atomic E-state index is 11.0. The van der Waals surface area contributed by atoms with E-state index in [2.05, 4.69) is 6.58 Å².